The number of rotatable bonds is 11. The Morgan fingerprint density at radius 2 is 1.72 bits per heavy atom. The van der Waals surface area contributed by atoms with Gasteiger partial charge in [-0.3, -0.25) is 14.4 Å². The minimum absolute atomic E-state index is 0.0930. The lowest BCUT2D eigenvalue weighted by Gasteiger charge is -2.35. The monoisotopic (exact) mass is 540 g/mol. The second-order valence-electron chi connectivity index (χ2n) is 10.4. The van der Waals surface area contributed by atoms with Crippen LogP contribution in [-0.2, 0) is 19.1 Å². The van der Waals surface area contributed by atoms with Gasteiger partial charge in [0, 0.05) is 23.7 Å². The highest BCUT2D eigenvalue weighted by Crippen LogP contribution is 2.39. The fraction of sp³-hybridized carbons (Fsp3) is 0.429. The molecule has 0 aromatic heterocycles. The van der Waals surface area contributed by atoms with Crippen LogP contribution in [0.5, 0.6) is 11.5 Å². The van der Waals surface area contributed by atoms with Crippen molar-refractivity contribution in [3.05, 3.63) is 54.1 Å². The molecule has 11 heteroatoms. The molecule has 2 unspecified atom stereocenters. The standard InChI is InChI=1S/C28H36N4O7/c1-28(2,3)39-27(37)31-21(15-16-23(29)34)26(36)32(18-11-12-18)24(20-7-5-6-8-22(20)33)25(35)30-17-9-13-19(38-4)14-10-17/h5-10,13-14,18,21,24,33H,11-12,15-16H2,1-4H3,(H2,29,34)(H,30,35)(H,31,37). The Kier molecular flexibility index (Phi) is 9.39. The van der Waals surface area contributed by atoms with Crippen molar-refractivity contribution in [1.82, 2.24) is 10.2 Å². The van der Waals surface area contributed by atoms with Crippen LogP contribution in [0.4, 0.5) is 10.5 Å². The van der Waals surface area contributed by atoms with Gasteiger partial charge in [-0.25, -0.2) is 4.79 Å². The number of aromatic hydroxyl groups is 1. The van der Waals surface area contributed by atoms with E-state index in [1.807, 2.05) is 0 Å². The highest BCUT2D eigenvalue weighted by Gasteiger charge is 2.44. The fourth-order valence-corrected chi connectivity index (χ4v) is 4.07. The molecule has 2 atom stereocenters. The smallest absolute Gasteiger partial charge is 0.408 e. The van der Waals surface area contributed by atoms with E-state index in [9.17, 15) is 24.3 Å². The average molecular weight is 541 g/mol. The number of primary amides is 1. The maximum atomic E-state index is 14.0. The molecule has 5 N–H and O–H groups in total. The lowest BCUT2D eigenvalue weighted by atomic mass is 10.00. The van der Waals surface area contributed by atoms with Gasteiger partial charge >= 0.3 is 6.09 Å². The van der Waals surface area contributed by atoms with Crippen molar-refractivity contribution in [1.29, 1.82) is 0 Å². The summed E-state index contributed by atoms with van der Waals surface area (Å²) in [6, 6.07) is 10.2. The molecule has 2 aromatic rings. The van der Waals surface area contributed by atoms with Gasteiger partial charge in [0.25, 0.3) is 5.91 Å². The molecule has 2 aromatic carbocycles. The van der Waals surface area contributed by atoms with Crippen molar-refractivity contribution in [3.63, 3.8) is 0 Å². The molecule has 210 valence electrons. The van der Waals surface area contributed by atoms with Crippen LogP contribution in [-0.4, -0.2) is 58.6 Å². The minimum atomic E-state index is -1.23. The second-order valence-corrected chi connectivity index (χ2v) is 10.4. The van der Waals surface area contributed by atoms with Gasteiger partial charge in [0.1, 0.15) is 29.2 Å². The maximum Gasteiger partial charge on any atom is 0.408 e. The van der Waals surface area contributed by atoms with E-state index in [1.165, 1.54) is 18.1 Å². The molecule has 1 fully saturated rings. The van der Waals surface area contributed by atoms with Crippen molar-refractivity contribution in [3.8, 4) is 11.5 Å². The van der Waals surface area contributed by atoms with Gasteiger partial charge in [-0.15, -0.1) is 0 Å². The summed E-state index contributed by atoms with van der Waals surface area (Å²) in [5.74, 6) is -1.37. The minimum Gasteiger partial charge on any atom is -0.508 e. The van der Waals surface area contributed by atoms with Crippen LogP contribution in [0.25, 0.3) is 0 Å². The molecule has 0 heterocycles. The van der Waals surface area contributed by atoms with Crippen molar-refractivity contribution in [2.24, 2.45) is 5.73 Å². The van der Waals surface area contributed by atoms with Gasteiger partial charge in [-0.2, -0.15) is 0 Å². The van der Waals surface area contributed by atoms with Gasteiger partial charge < -0.3 is 35.8 Å². The number of carbonyl (C=O) groups excluding carboxylic acids is 4. The van der Waals surface area contributed by atoms with Crippen molar-refractivity contribution in [2.45, 2.75) is 70.2 Å². The molecule has 11 nitrogen and oxygen atoms in total. The molecular weight excluding hydrogens is 504 g/mol. The number of phenolic OH excluding ortho intramolecular Hbond substituents is 1. The topological polar surface area (TPSA) is 160 Å². The lowest BCUT2D eigenvalue weighted by molar-refractivity contribution is -0.141. The Balaban J connectivity index is 1.98. The van der Waals surface area contributed by atoms with Gasteiger partial charge in [0.2, 0.25) is 11.8 Å². The van der Waals surface area contributed by atoms with Gasteiger partial charge in [0.05, 0.1) is 7.11 Å². The number of nitrogens with one attached hydrogen (secondary N) is 2. The molecule has 1 aliphatic rings. The van der Waals surface area contributed by atoms with E-state index in [1.54, 1.807) is 63.2 Å². The largest absolute Gasteiger partial charge is 0.508 e. The number of methoxy groups -OCH3 is 1. The Morgan fingerprint density at radius 1 is 1.08 bits per heavy atom. The van der Waals surface area contributed by atoms with Crippen LogP contribution in [0.1, 0.15) is 58.1 Å². The van der Waals surface area contributed by atoms with Gasteiger partial charge in [0.15, 0.2) is 0 Å². The Morgan fingerprint density at radius 3 is 2.26 bits per heavy atom. The molecule has 0 saturated heterocycles. The van der Waals surface area contributed by atoms with Crippen LogP contribution in [0, 0.1) is 0 Å². The van der Waals surface area contributed by atoms with Crippen molar-refractivity contribution in [2.75, 3.05) is 12.4 Å². The molecular formula is C28H36N4O7. The fourth-order valence-electron chi connectivity index (χ4n) is 4.07. The summed E-state index contributed by atoms with van der Waals surface area (Å²) < 4.78 is 10.5. The molecule has 39 heavy (non-hydrogen) atoms. The Bertz CT molecular complexity index is 1190. The average Bonchev–Trinajstić information content (AvgIpc) is 3.69. The molecule has 3 rings (SSSR count). The second kappa shape index (κ2) is 12.5. The molecule has 4 amide bonds. The van der Waals surface area contributed by atoms with E-state index < -0.39 is 41.5 Å². The van der Waals surface area contributed by atoms with E-state index in [4.69, 9.17) is 15.2 Å². The summed E-state index contributed by atoms with van der Waals surface area (Å²) in [5, 5.41) is 16.1. The van der Waals surface area contributed by atoms with Crippen LogP contribution < -0.4 is 21.1 Å². The van der Waals surface area contributed by atoms with E-state index in [-0.39, 0.29) is 30.2 Å². The third-order valence-corrected chi connectivity index (χ3v) is 5.98. The first kappa shape index (κ1) is 29.3. The number of nitrogens with zero attached hydrogens (tertiary/aromatic N) is 1. The molecule has 0 radical (unpaired) electrons. The number of alkyl carbamates (subject to hydrolysis) is 1. The highest BCUT2D eigenvalue weighted by molar-refractivity contribution is 5.99. The van der Waals surface area contributed by atoms with E-state index in [0.29, 0.717) is 24.3 Å². The quantitative estimate of drug-likeness (QED) is 0.340. The lowest BCUT2D eigenvalue weighted by Crippen LogP contribution is -2.53. The number of anilines is 1. The number of carbonyl (C=O) groups is 4. The number of phenols is 1. The van der Waals surface area contributed by atoms with Crippen LogP contribution in [0.3, 0.4) is 0 Å². The number of nitrogens with two attached hydrogens (primary N) is 1. The zero-order chi connectivity index (χ0) is 28.7. The number of amides is 4. The highest BCUT2D eigenvalue weighted by atomic mass is 16.6. The summed E-state index contributed by atoms with van der Waals surface area (Å²) in [5.41, 5.74) is 5.19. The number of hydrogen-bond acceptors (Lipinski definition) is 7. The van der Waals surface area contributed by atoms with Crippen LogP contribution >= 0.6 is 0 Å². The Labute approximate surface area is 227 Å². The first-order valence-corrected chi connectivity index (χ1v) is 12.7. The number of hydrogen-bond donors (Lipinski definition) is 4. The third kappa shape index (κ3) is 8.36. The SMILES string of the molecule is COc1ccc(NC(=O)C(c2ccccc2O)N(C(=O)C(CCC(N)=O)NC(=O)OC(C)(C)C)C2CC2)cc1. The first-order valence-electron chi connectivity index (χ1n) is 12.7. The first-order chi connectivity index (χ1) is 18.4. The van der Waals surface area contributed by atoms with Crippen molar-refractivity contribution < 1.29 is 33.8 Å². The molecule has 0 bridgehead atoms. The number of benzene rings is 2. The van der Waals surface area contributed by atoms with Gasteiger partial charge in [-0.05, 0) is 70.4 Å². The Hall–Kier alpha value is -4.28. The maximum absolute atomic E-state index is 14.0. The van der Waals surface area contributed by atoms with Crippen LogP contribution in [0.2, 0.25) is 0 Å². The number of ether oxygens (including phenoxy) is 2. The summed E-state index contributed by atoms with van der Waals surface area (Å²) >= 11 is 0. The summed E-state index contributed by atoms with van der Waals surface area (Å²) in [7, 11) is 1.53. The van der Waals surface area contributed by atoms with E-state index in [0.717, 1.165) is 0 Å². The third-order valence-electron chi connectivity index (χ3n) is 5.98. The van der Waals surface area contributed by atoms with E-state index in [2.05, 4.69) is 10.6 Å². The molecule has 1 saturated carbocycles. The summed E-state index contributed by atoms with van der Waals surface area (Å²) in [6.45, 7) is 5.04. The van der Waals surface area contributed by atoms with Crippen LogP contribution in [0.15, 0.2) is 48.5 Å². The molecule has 0 aliphatic heterocycles. The normalized spacial score (nSPS) is 14.5. The van der Waals surface area contributed by atoms with Gasteiger partial charge in [-0.1, -0.05) is 18.2 Å². The molecule has 0 spiro atoms. The zero-order valence-corrected chi connectivity index (χ0v) is 22.6. The summed E-state index contributed by atoms with van der Waals surface area (Å²) in [4.78, 5) is 53.3. The molecule has 1 aliphatic carbocycles. The predicted octanol–water partition coefficient (Wildman–Crippen LogP) is 3.23. The summed E-state index contributed by atoms with van der Waals surface area (Å²) in [6.07, 6.45) is 0.137. The van der Waals surface area contributed by atoms with Crippen molar-refractivity contribution >= 4 is 29.5 Å². The number of para-hydroxylation sites is 1. The zero-order valence-electron chi connectivity index (χ0n) is 22.6. The predicted molar refractivity (Wildman–Crippen MR) is 144 cm³/mol. The van der Waals surface area contributed by atoms with E-state index >= 15 is 0 Å².